The molecule has 0 radical (unpaired) electrons. The lowest BCUT2D eigenvalue weighted by Crippen LogP contribution is -2.49. The maximum absolute atomic E-state index is 12.7. The van der Waals surface area contributed by atoms with E-state index in [2.05, 4.69) is 9.88 Å². The van der Waals surface area contributed by atoms with Crippen molar-refractivity contribution in [2.45, 2.75) is 51.4 Å². The fourth-order valence-electron chi connectivity index (χ4n) is 4.38. The summed E-state index contributed by atoms with van der Waals surface area (Å²) < 4.78 is 0. The monoisotopic (exact) mass is 369 g/mol. The van der Waals surface area contributed by atoms with E-state index in [1.54, 1.807) is 6.20 Å². The number of amides is 1. The summed E-state index contributed by atoms with van der Waals surface area (Å²) >= 11 is 0. The van der Waals surface area contributed by atoms with Gasteiger partial charge in [-0.25, -0.2) is 0 Å². The fraction of sp³-hybridized carbons (Fsp3) is 0.682. The summed E-state index contributed by atoms with van der Waals surface area (Å²) in [5.41, 5.74) is 1.57. The molecule has 1 aromatic heterocycles. The number of aromatic nitrogens is 1. The van der Waals surface area contributed by atoms with Gasteiger partial charge in [0.15, 0.2) is 0 Å². The average molecular weight is 370 g/mol. The Morgan fingerprint density at radius 1 is 1.00 bits per heavy atom. The standard InChI is InChI=1S/C22H31N3O2/c26-21(19-3-1-2-4-19)10-8-17-7-9-20(23-15-17)22(27)25-13-11-24(12-14-25)16-18-5-6-18/h7,9,15,18-19H,1-6,8,10-14,16H2. The molecule has 5 heteroatoms. The van der Waals surface area contributed by atoms with E-state index in [1.165, 1.54) is 32.2 Å². The summed E-state index contributed by atoms with van der Waals surface area (Å²) in [6.07, 6.45) is 10.4. The molecule has 0 unspecified atom stereocenters. The number of aryl methyl sites for hydroxylation is 1. The van der Waals surface area contributed by atoms with Crippen molar-refractivity contribution in [3.63, 3.8) is 0 Å². The van der Waals surface area contributed by atoms with E-state index < -0.39 is 0 Å². The first-order valence-electron chi connectivity index (χ1n) is 10.7. The molecule has 1 aromatic rings. The molecule has 0 bridgehead atoms. The summed E-state index contributed by atoms with van der Waals surface area (Å²) in [5, 5.41) is 0. The topological polar surface area (TPSA) is 53.5 Å². The number of carbonyl (C=O) groups is 2. The van der Waals surface area contributed by atoms with Crippen LogP contribution in [0.3, 0.4) is 0 Å². The number of nitrogens with zero attached hydrogens (tertiary/aromatic N) is 3. The second-order valence-corrected chi connectivity index (χ2v) is 8.54. The van der Waals surface area contributed by atoms with Crippen LogP contribution in [0.15, 0.2) is 18.3 Å². The van der Waals surface area contributed by atoms with Crippen LogP contribution in [0, 0.1) is 11.8 Å². The van der Waals surface area contributed by atoms with Gasteiger partial charge >= 0.3 is 0 Å². The van der Waals surface area contributed by atoms with Crippen molar-refractivity contribution in [3.05, 3.63) is 29.6 Å². The zero-order valence-corrected chi connectivity index (χ0v) is 16.2. The Kier molecular flexibility index (Phi) is 5.86. The third-order valence-corrected chi connectivity index (χ3v) is 6.39. The quantitative estimate of drug-likeness (QED) is 0.741. The largest absolute Gasteiger partial charge is 0.335 e. The van der Waals surface area contributed by atoms with Gasteiger partial charge in [0.25, 0.3) is 5.91 Å². The van der Waals surface area contributed by atoms with Crippen molar-refractivity contribution >= 4 is 11.7 Å². The SMILES string of the molecule is O=C(CCc1ccc(C(=O)N2CCN(CC3CC3)CC2)nc1)C1CCCC1. The zero-order valence-electron chi connectivity index (χ0n) is 16.2. The molecule has 2 aliphatic carbocycles. The van der Waals surface area contributed by atoms with Gasteiger partial charge in [-0.3, -0.25) is 19.5 Å². The molecule has 2 saturated carbocycles. The van der Waals surface area contributed by atoms with E-state index in [4.69, 9.17) is 0 Å². The third-order valence-electron chi connectivity index (χ3n) is 6.39. The number of rotatable bonds is 7. The Morgan fingerprint density at radius 2 is 1.74 bits per heavy atom. The first-order chi connectivity index (χ1) is 13.2. The maximum Gasteiger partial charge on any atom is 0.272 e. The molecular formula is C22H31N3O2. The molecule has 146 valence electrons. The van der Waals surface area contributed by atoms with E-state index in [0.29, 0.717) is 17.9 Å². The summed E-state index contributed by atoms with van der Waals surface area (Å²) in [4.78, 5) is 33.7. The predicted molar refractivity (Wildman–Crippen MR) is 105 cm³/mol. The maximum atomic E-state index is 12.7. The first-order valence-corrected chi connectivity index (χ1v) is 10.7. The van der Waals surface area contributed by atoms with Crippen molar-refractivity contribution in [1.29, 1.82) is 0 Å². The van der Waals surface area contributed by atoms with E-state index in [1.807, 2.05) is 17.0 Å². The second-order valence-electron chi connectivity index (χ2n) is 8.54. The average Bonchev–Trinajstić information content (AvgIpc) is 3.34. The number of hydrogen-bond acceptors (Lipinski definition) is 4. The van der Waals surface area contributed by atoms with Crippen LogP contribution in [0.1, 0.15) is 61.0 Å². The van der Waals surface area contributed by atoms with Gasteiger partial charge in [0.1, 0.15) is 11.5 Å². The predicted octanol–water partition coefficient (Wildman–Crippen LogP) is 2.94. The lowest BCUT2D eigenvalue weighted by atomic mass is 9.97. The highest BCUT2D eigenvalue weighted by Crippen LogP contribution is 2.30. The summed E-state index contributed by atoms with van der Waals surface area (Å²) in [5.74, 6) is 1.63. The minimum absolute atomic E-state index is 0.0367. The fourth-order valence-corrected chi connectivity index (χ4v) is 4.38. The van der Waals surface area contributed by atoms with E-state index in [-0.39, 0.29) is 11.8 Å². The Bertz CT molecular complexity index is 655. The molecule has 1 amide bonds. The Labute approximate surface area is 162 Å². The van der Waals surface area contributed by atoms with Gasteiger partial charge in [-0.05, 0) is 49.7 Å². The molecule has 3 fully saturated rings. The normalized spacial score (nSPS) is 21.6. The molecule has 2 heterocycles. The van der Waals surface area contributed by atoms with Crippen LogP contribution in [0.4, 0.5) is 0 Å². The van der Waals surface area contributed by atoms with Crippen molar-refractivity contribution in [2.75, 3.05) is 32.7 Å². The number of hydrogen-bond donors (Lipinski definition) is 0. The number of carbonyl (C=O) groups excluding carboxylic acids is 2. The second kappa shape index (κ2) is 8.51. The minimum atomic E-state index is 0.0367. The van der Waals surface area contributed by atoms with Gasteiger partial charge in [-0.2, -0.15) is 0 Å². The molecule has 5 nitrogen and oxygen atoms in total. The molecule has 0 aromatic carbocycles. The van der Waals surface area contributed by atoms with E-state index >= 15 is 0 Å². The molecule has 27 heavy (non-hydrogen) atoms. The molecule has 0 atom stereocenters. The lowest BCUT2D eigenvalue weighted by Gasteiger charge is -2.34. The van der Waals surface area contributed by atoms with Crippen LogP contribution in [-0.2, 0) is 11.2 Å². The van der Waals surface area contributed by atoms with Crippen molar-refractivity contribution in [2.24, 2.45) is 11.8 Å². The molecule has 4 rings (SSSR count). The van der Waals surface area contributed by atoms with Crippen LogP contribution in [-0.4, -0.2) is 59.2 Å². The number of pyridine rings is 1. The van der Waals surface area contributed by atoms with Crippen LogP contribution in [0.2, 0.25) is 0 Å². The van der Waals surface area contributed by atoms with Gasteiger partial charge in [-0.15, -0.1) is 0 Å². The van der Waals surface area contributed by atoms with Crippen molar-refractivity contribution in [1.82, 2.24) is 14.8 Å². The molecular weight excluding hydrogens is 338 g/mol. The van der Waals surface area contributed by atoms with Crippen LogP contribution in [0.25, 0.3) is 0 Å². The summed E-state index contributed by atoms with van der Waals surface area (Å²) in [6, 6.07) is 3.79. The highest BCUT2D eigenvalue weighted by molar-refractivity contribution is 5.92. The summed E-state index contributed by atoms with van der Waals surface area (Å²) in [6.45, 7) is 4.75. The molecule has 0 N–H and O–H groups in total. The Morgan fingerprint density at radius 3 is 2.37 bits per heavy atom. The highest BCUT2D eigenvalue weighted by Gasteiger charge is 2.28. The number of ketones is 1. The smallest absolute Gasteiger partial charge is 0.272 e. The van der Waals surface area contributed by atoms with Crippen LogP contribution < -0.4 is 0 Å². The van der Waals surface area contributed by atoms with Gasteiger partial charge in [0, 0.05) is 51.3 Å². The highest BCUT2D eigenvalue weighted by atomic mass is 16.2. The lowest BCUT2D eigenvalue weighted by molar-refractivity contribution is -0.122. The van der Waals surface area contributed by atoms with Gasteiger partial charge in [-0.1, -0.05) is 18.9 Å². The molecule has 1 saturated heterocycles. The van der Waals surface area contributed by atoms with Crippen molar-refractivity contribution < 1.29 is 9.59 Å². The molecule has 1 aliphatic heterocycles. The van der Waals surface area contributed by atoms with Gasteiger partial charge < -0.3 is 4.90 Å². The van der Waals surface area contributed by atoms with E-state index in [0.717, 1.165) is 56.9 Å². The Balaban J connectivity index is 1.24. The third kappa shape index (κ3) is 4.95. The number of piperazine rings is 1. The number of Topliss-reactive ketones (excluding diaryl/α,β-unsaturated/α-hetero) is 1. The van der Waals surface area contributed by atoms with Crippen LogP contribution >= 0.6 is 0 Å². The minimum Gasteiger partial charge on any atom is -0.335 e. The van der Waals surface area contributed by atoms with E-state index in [9.17, 15) is 9.59 Å². The van der Waals surface area contributed by atoms with Crippen LogP contribution in [0.5, 0.6) is 0 Å². The Hall–Kier alpha value is -1.75. The van der Waals surface area contributed by atoms with Gasteiger partial charge in [0.2, 0.25) is 0 Å². The zero-order chi connectivity index (χ0) is 18.6. The molecule has 3 aliphatic rings. The van der Waals surface area contributed by atoms with Crippen molar-refractivity contribution in [3.8, 4) is 0 Å². The first kappa shape index (κ1) is 18.6. The molecule has 0 spiro atoms. The van der Waals surface area contributed by atoms with Gasteiger partial charge in [0.05, 0.1) is 0 Å². The summed E-state index contributed by atoms with van der Waals surface area (Å²) in [7, 11) is 0.